The molecular weight excluding hydrogens is 473 g/mol. The highest BCUT2D eigenvalue weighted by molar-refractivity contribution is 6.33. The molecule has 0 saturated carbocycles. The van der Waals surface area contributed by atoms with Crippen LogP contribution in [0.3, 0.4) is 0 Å². The third-order valence-electron chi connectivity index (χ3n) is 4.26. The molecular formula is C22H25Cl2N3O6. The number of Topliss-reactive ketones (excluding diaryl/α,β-unsaturated/α-hetero) is 1. The summed E-state index contributed by atoms with van der Waals surface area (Å²) in [5.74, 6) is -0.102. The van der Waals surface area contributed by atoms with E-state index in [0.29, 0.717) is 41.2 Å². The number of hydrogen-bond donors (Lipinski definition) is 1. The van der Waals surface area contributed by atoms with Crippen molar-refractivity contribution in [3.8, 4) is 23.0 Å². The average molecular weight is 498 g/mol. The second-order valence-corrected chi connectivity index (χ2v) is 7.28. The summed E-state index contributed by atoms with van der Waals surface area (Å²) in [6.07, 6.45) is 0. The normalized spacial score (nSPS) is 11.7. The number of nitrogens with zero attached hydrogens (tertiary/aromatic N) is 2. The van der Waals surface area contributed by atoms with E-state index in [1.807, 2.05) is 0 Å². The van der Waals surface area contributed by atoms with Gasteiger partial charge in [-0.2, -0.15) is 10.2 Å². The molecule has 0 aliphatic rings. The number of carbonyl (C=O) groups excluding carboxylic acids is 2. The van der Waals surface area contributed by atoms with Gasteiger partial charge in [-0.15, -0.1) is 0 Å². The van der Waals surface area contributed by atoms with Crippen LogP contribution < -0.4 is 24.3 Å². The maximum atomic E-state index is 12.9. The average Bonchev–Trinajstić information content (AvgIpc) is 2.77. The predicted molar refractivity (Wildman–Crippen MR) is 126 cm³/mol. The Kier molecular flexibility index (Phi) is 9.74. The van der Waals surface area contributed by atoms with Gasteiger partial charge in [0.15, 0.2) is 11.5 Å². The lowest BCUT2D eigenvalue weighted by atomic mass is 10.2. The number of rotatable bonds is 11. The van der Waals surface area contributed by atoms with E-state index >= 15 is 0 Å². The molecule has 1 atom stereocenters. The summed E-state index contributed by atoms with van der Waals surface area (Å²) in [5, 5.41) is 11.1. The highest BCUT2D eigenvalue weighted by Crippen LogP contribution is 2.41. The molecule has 9 nitrogen and oxygen atoms in total. The molecule has 0 heterocycles. The summed E-state index contributed by atoms with van der Waals surface area (Å²) in [7, 11) is 2.82. The molecule has 2 rings (SSSR count). The smallest absolute Gasteiger partial charge is 0.259 e. The number of azo groups is 1. The zero-order valence-electron chi connectivity index (χ0n) is 18.9. The molecule has 0 aliphatic heterocycles. The van der Waals surface area contributed by atoms with Gasteiger partial charge in [-0.25, -0.2) is 0 Å². The number of anilines is 1. The van der Waals surface area contributed by atoms with Crippen LogP contribution >= 0.6 is 23.2 Å². The van der Waals surface area contributed by atoms with Crippen LogP contribution in [0.15, 0.2) is 34.5 Å². The van der Waals surface area contributed by atoms with Gasteiger partial charge in [0.05, 0.1) is 38.1 Å². The monoisotopic (exact) mass is 497 g/mol. The predicted octanol–water partition coefficient (Wildman–Crippen LogP) is 5.49. The van der Waals surface area contributed by atoms with E-state index in [1.54, 1.807) is 26.0 Å². The van der Waals surface area contributed by atoms with Crippen molar-refractivity contribution >= 4 is 46.3 Å². The Morgan fingerprint density at radius 1 is 1.00 bits per heavy atom. The Hall–Kier alpha value is -3.04. The van der Waals surface area contributed by atoms with Gasteiger partial charge in [-0.05, 0) is 32.9 Å². The molecule has 2 aromatic carbocycles. The first-order valence-corrected chi connectivity index (χ1v) is 10.7. The number of carbonyl (C=O) groups is 2. The van der Waals surface area contributed by atoms with Crippen LogP contribution in [0.5, 0.6) is 23.0 Å². The lowest BCUT2D eigenvalue weighted by Gasteiger charge is -2.16. The van der Waals surface area contributed by atoms with Crippen LogP contribution in [0.1, 0.15) is 20.8 Å². The van der Waals surface area contributed by atoms with E-state index in [1.165, 1.54) is 33.3 Å². The number of ketones is 1. The maximum Gasteiger partial charge on any atom is 0.259 e. The summed E-state index contributed by atoms with van der Waals surface area (Å²) < 4.78 is 21.5. The fourth-order valence-electron chi connectivity index (χ4n) is 2.80. The Bertz CT molecular complexity index is 1020. The number of nitrogens with one attached hydrogen (secondary N) is 1. The molecule has 0 aliphatic carbocycles. The molecule has 0 fully saturated rings. The van der Waals surface area contributed by atoms with Crippen molar-refractivity contribution in [3.63, 3.8) is 0 Å². The van der Waals surface area contributed by atoms with Gasteiger partial charge in [0.1, 0.15) is 28.0 Å². The molecule has 1 N–H and O–H groups in total. The van der Waals surface area contributed by atoms with Gasteiger partial charge < -0.3 is 24.3 Å². The van der Waals surface area contributed by atoms with Crippen molar-refractivity contribution in [2.45, 2.75) is 26.8 Å². The van der Waals surface area contributed by atoms with E-state index in [0.717, 1.165) is 0 Å². The SMILES string of the molecule is CCOc1cc(N=NC(C(C)=O)C(=O)Nc2c(OC)ccc(Cl)c2OC)cc(OCC)c1Cl. The topological polar surface area (TPSA) is 108 Å². The third kappa shape index (κ3) is 6.49. The van der Waals surface area contributed by atoms with Crippen molar-refractivity contribution in [1.82, 2.24) is 0 Å². The number of halogens is 2. The van der Waals surface area contributed by atoms with E-state index < -0.39 is 17.7 Å². The summed E-state index contributed by atoms with van der Waals surface area (Å²) in [4.78, 5) is 25.1. The van der Waals surface area contributed by atoms with Crippen LogP contribution in [0.25, 0.3) is 0 Å². The number of methoxy groups -OCH3 is 2. The molecule has 0 spiro atoms. The molecule has 0 bridgehead atoms. The second-order valence-electron chi connectivity index (χ2n) is 6.50. The van der Waals surface area contributed by atoms with Crippen molar-refractivity contribution in [2.24, 2.45) is 10.2 Å². The summed E-state index contributed by atoms with van der Waals surface area (Å²) >= 11 is 12.4. The van der Waals surface area contributed by atoms with Crippen LogP contribution in [0.4, 0.5) is 11.4 Å². The number of benzene rings is 2. The first-order chi connectivity index (χ1) is 15.8. The van der Waals surface area contributed by atoms with Gasteiger partial charge >= 0.3 is 0 Å². The zero-order chi connectivity index (χ0) is 24.5. The van der Waals surface area contributed by atoms with Crippen LogP contribution in [-0.2, 0) is 9.59 Å². The van der Waals surface area contributed by atoms with Crippen molar-refractivity contribution < 1.29 is 28.5 Å². The molecule has 0 saturated heterocycles. The first-order valence-electron chi connectivity index (χ1n) is 9.99. The van der Waals surface area contributed by atoms with Gasteiger partial charge in [0, 0.05) is 12.1 Å². The first kappa shape index (κ1) is 26.2. The molecule has 2 aromatic rings. The molecule has 0 aromatic heterocycles. The minimum atomic E-state index is -1.44. The molecule has 178 valence electrons. The van der Waals surface area contributed by atoms with Gasteiger partial charge in [0.2, 0.25) is 6.04 Å². The van der Waals surface area contributed by atoms with Crippen molar-refractivity contribution in [3.05, 3.63) is 34.3 Å². The van der Waals surface area contributed by atoms with E-state index in [-0.39, 0.29) is 16.5 Å². The summed E-state index contributed by atoms with van der Waals surface area (Å²) in [6.45, 7) is 5.58. The zero-order valence-corrected chi connectivity index (χ0v) is 20.4. The lowest BCUT2D eigenvalue weighted by molar-refractivity contribution is -0.126. The minimum absolute atomic E-state index is 0.169. The second kappa shape index (κ2) is 12.3. The van der Waals surface area contributed by atoms with Crippen LogP contribution in [-0.4, -0.2) is 45.2 Å². The van der Waals surface area contributed by atoms with Gasteiger partial charge in [-0.3, -0.25) is 9.59 Å². The summed E-state index contributed by atoms with van der Waals surface area (Å²) in [5.41, 5.74) is 0.464. The van der Waals surface area contributed by atoms with E-state index in [2.05, 4.69) is 15.5 Å². The molecule has 1 amide bonds. The number of ether oxygens (including phenoxy) is 4. The molecule has 1 unspecified atom stereocenters. The van der Waals surface area contributed by atoms with Crippen LogP contribution in [0, 0.1) is 0 Å². The maximum absolute atomic E-state index is 12.9. The van der Waals surface area contributed by atoms with E-state index in [9.17, 15) is 9.59 Å². The summed E-state index contributed by atoms with van der Waals surface area (Å²) in [6, 6.07) is 4.75. The minimum Gasteiger partial charge on any atom is -0.494 e. The fourth-order valence-corrected chi connectivity index (χ4v) is 3.25. The van der Waals surface area contributed by atoms with Crippen molar-refractivity contribution in [1.29, 1.82) is 0 Å². The number of amides is 1. The highest BCUT2D eigenvalue weighted by atomic mass is 35.5. The lowest BCUT2D eigenvalue weighted by Crippen LogP contribution is -2.32. The Labute approximate surface area is 202 Å². The standard InChI is InChI=1S/C22H25Cl2N3O6/c1-6-32-16-10-13(11-17(18(16)24)33-7-2)26-27-19(12(3)28)22(29)25-20-15(30-4)9-8-14(23)21(20)31-5/h8-11,19H,6-7H2,1-5H3,(H,25,29). The van der Waals surface area contributed by atoms with Gasteiger partial charge in [-0.1, -0.05) is 23.2 Å². The van der Waals surface area contributed by atoms with Crippen molar-refractivity contribution in [2.75, 3.05) is 32.8 Å². The Balaban J connectivity index is 2.38. The van der Waals surface area contributed by atoms with Crippen LogP contribution in [0.2, 0.25) is 10.0 Å². The molecule has 0 radical (unpaired) electrons. The Morgan fingerprint density at radius 2 is 1.61 bits per heavy atom. The number of hydrogen-bond acceptors (Lipinski definition) is 8. The molecule has 33 heavy (non-hydrogen) atoms. The quantitative estimate of drug-likeness (QED) is 0.324. The van der Waals surface area contributed by atoms with Gasteiger partial charge in [0.25, 0.3) is 5.91 Å². The van der Waals surface area contributed by atoms with E-state index in [4.69, 9.17) is 42.1 Å². The highest BCUT2D eigenvalue weighted by Gasteiger charge is 2.26. The largest absolute Gasteiger partial charge is 0.494 e. The molecule has 11 heteroatoms. The fraction of sp³-hybridized carbons (Fsp3) is 0.364. The third-order valence-corrected chi connectivity index (χ3v) is 4.93. The Morgan fingerprint density at radius 3 is 2.09 bits per heavy atom.